The lowest BCUT2D eigenvalue weighted by Crippen LogP contribution is -2.61. The molecular formula is C102H96BN3O2. The molecule has 6 heteroatoms. The summed E-state index contributed by atoms with van der Waals surface area (Å²) in [5, 5.41) is 3.61. The van der Waals surface area contributed by atoms with Gasteiger partial charge in [-0.05, 0) is 164 Å². The van der Waals surface area contributed by atoms with Crippen molar-refractivity contribution >= 4 is 123 Å². The Labute approximate surface area is 648 Å². The fraction of sp³-hybridized carbons (Fsp3) is 0.235. The van der Waals surface area contributed by atoms with Gasteiger partial charge in [0, 0.05) is 66.2 Å². The van der Waals surface area contributed by atoms with E-state index in [1.165, 1.54) is 33.4 Å². The molecule has 0 radical (unpaired) electrons. The quantitative estimate of drug-likeness (QED) is 0.149. The first-order valence-electron chi connectivity index (χ1n) is 42.2. The molecule has 0 fully saturated rings. The molecule has 0 unspecified atom stereocenters. The maximum absolute atomic E-state index is 10.1. The molecule has 16 aromatic rings. The van der Waals surface area contributed by atoms with Crippen molar-refractivity contribution in [1.82, 2.24) is 4.57 Å². The second-order valence-electron chi connectivity index (χ2n) is 36.5. The largest absolute Gasteiger partial charge is 0.453 e. The SMILES string of the molecule is [2H]c1c([2H])c([2H])c2c(c1[2H])c1c([2H])c([2H])c([2H])c([2H])c1n2-c1cc2c3c(c1)N(c1cccc4c1oc1c(-c5ccc(C(C)(C)C)cc5)cccc14)c1cc(-c4cc(C(C)(C)C)cc(C(C)(C)C)c4)ccc1B3c1ccc(-c3cc(C(C)(C)C)cc(C(C)(C)C)c3)cc1N2c1cccc2c1oc1c(-c3ccc(C(C)(C)C)cc3)cccc12. The minimum absolute atomic E-state index is 0.00320. The molecule has 0 aliphatic carbocycles. The molecule has 0 atom stereocenters. The van der Waals surface area contributed by atoms with E-state index in [-0.39, 0.29) is 54.3 Å². The average molecular weight is 1410 g/mol. The molecule has 534 valence electrons. The zero-order valence-electron chi connectivity index (χ0n) is 73.4. The molecule has 3 aromatic heterocycles. The third-order valence-corrected chi connectivity index (χ3v) is 23.0. The Hall–Kier alpha value is -11.1. The van der Waals surface area contributed by atoms with Crippen molar-refractivity contribution in [3.8, 4) is 50.2 Å². The monoisotopic (exact) mass is 1410 g/mol. The van der Waals surface area contributed by atoms with E-state index in [1.54, 1.807) is 4.57 Å². The highest BCUT2D eigenvalue weighted by Gasteiger charge is 2.46. The van der Waals surface area contributed by atoms with E-state index in [1.807, 2.05) is 0 Å². The molecule has 5 heterocycles. The zero-order valence-corrected chi connectivity index (χ0v) is 65.4. The standard InChI is InChI=1S/C102H96BN3O2/c1-97(2,3)67-45-39-61(40-46-67)74-29-23-31-78-80-33-25-37-86(95(80)107-93(74)78)105-88-55-63(65-51-69(99(7,8)9)57-70(52-65)100(10,11)12)43-49-82(88)103-83-50-44-64(66-53-71(101(13,14)15)58-72(54-66)102(16,17)18)56-89(83)106(91-60-73(59-90(105)92(91)103)104-84-35-21-19-27-76(84)77-28-20-22-36-85(77)104)87-38-26-34-81-79-32-24-30-75(94(79)108-96(81)87)62-41-47-68(48-42-62)98(4,5)6/h19-60H,1-18H3/i19D,20D,21D,22D,27D,28D,35D,36D. The Morgan fingerprint density at radius 3 is 0.972 bits per heavy atom. The lowest BCUT2D eigenvalue weighted by molar-refractivity contribution is 0.568. The van der Waals surface area contributed by atoms with Crippen molar-refractivity contribution in [1.29, 1.82) is 0 Å². The summed E-state index contributed by atoms with van der Waals surface area (Å²) in [4.78, 5) is 4.67. The molecule has 0 amide bonds. The highest BCUT2D eigenvalue weighted by Crippen LogP contribution is 2.53. The molecule has 18 rings (SSSR count). The summed E-state index contributed by atoms with van der Waals surface area (Å²) in [5.41, 5.74) is 24.8. The predicted octanol–water partition coefficient (Wildman–Crippen LogP) is 27.1. The molecule has 0 spiro atoms. The Morgan fingerprint density at radius 2 is 0.611 bits per heavy atom. The van der Waals surface area contributed by atoms with Gasteiger partial charge in [-0.1, -0.05) is 331 Å². The summed E-state index contributed by atoms with van der Waals surface area (Å²) < 4.78 is 94.5. The van der Waals surface area contributed by atoms with Crippen molar-refractivity contribution < 1.29 is 19.8 Å². The summed E-state index contributed by atoms with van der Waals surface area (Å²) >= 11 is 0. The Balaban J connectivity index is 1.02. The van der Waals surface area contributed by atoms with Crippen molar-refractivity contribution in [3.05, 3.63) is 288 Å². The molecular weight excluding hydrogens is 1310 g/mol. The number of anilines is 6. The lowest BCUT2D eigenvalue weighted by atomic mass is 9.33. The highest BCUT2D eigenvalue weighted by atomic mass is 16.3. The zero-order chi connectivity index (χ0) is 82.2. The van der Waals surface area contributed by atoms with Crippen LogP contribution in [0.3, 0.4) is 0 Å². The predicted molar refractivity (Wildman–Crippen MR) is 463 cm³/mol. The maximum atomic E-state index is 10.1. The van der Waals surface area contributed by atoms with E-state index in [4.69, 9.17) is 8.83 Å². The Bertz CT molecular complexity index is 6410. The topological polar surface area (TPSA) is 37.7 Å². The van der Waals surface area contributed by atoms with Crippen LogP contribution in [0.5, 0.6) is 0 Å². The Kier molecular flexibility index (Phi) is 13.5. The average Bonchev–Trinajstić information content (AvgIpc) is 0.728. The number of para-hydroxylation sites is 6. The van der Waals surface area contributed by atoms with Gasteiger partial charge in [-0.2, -0.15) is 0 Å². The smallest absolute Gasteiger partial charge is 0.252 e. The number of hydrogen-bond donors (Lipinski definition) is 0. The van der Waals surface area contributed by atoms with Crippen molar-refractivity contribution in [2.75, 3.05) is 9.80 Å². The third kappa shape index (κ3) is 11.2. The van der Waals surface area contributed by atoms with E-state index < -0.39 is 55.1 Å². The second kappa shape index (κ2) is 24.2. The van der Waals surface area contributed by atoms with Crippen molar-refractivity contribution in [2.24, 2.45) is 0 Å². The van der Waals surface area contributed by atoms with Crippen LogP contribution in [0.4, 0.5) is 34.1 Å². The van der Waals surface area contributed by atoms with E-state index in [0.29, 0.717) is 28.2 Å². The summed E-state index contributed by atoms with van der Waals surface area (Å²) in [6, 6.07) is 71.5. The van der Waals surface area contributed by atoms with Crippen LogP contribution in [0.25, 0.3) is 116 Å². The number of furan rings is 2. The highest BCUT2D eigenvalue weighted by molar-refractivity contribution is 7.00. The Morgan fingerprint density at radius 1 is 0.278 bits per heavy atom. The number of rotatable bonds is 7. The van der Waals surface area contributed by atoms with Gasteiger partial charge in [-0.25, -0.2) is 0 Å². The van der Waals surface area contributed by atoms with E-state index in [2.05, 4.69) is 341 Å². The summed E-state index contributed by atoms with van der Waals surface area (Å²) in [5.74, 6) is 0. The first-order valence-corrected chi connectivity index (χ1v) is 38.2. The minimum atomic E-state index is -0.521. The van der Waals surface area contributed by atoms with Crippen LogP contribution >= 0.6 is 0 Å². The first-order chi connectivity index (χ1) is 54.6. The van der Waals surface area contributed by atoms with Gasteiger partial charge < -0.3 is 23.2 Å². The molecule has 5 nitrogen and oxygen atoms in total. The number of benzene rings is 13. The van der Waals surface area contributed by atoms with Crippen LogP contribution in [0, 0.1) is 0 Å². The van der Waals surface area contributed by atoms with Crippen LogP contribution in [-0.2, 0) is 32.5 Å². The fourth-order valence-electron chi connectivity index (χ4n) is 16.7. The van der Waals surface area contributed by atoms with Crippen molar-refractivity contribution in [2.45, 2.75) is 157 Å². The molecule has 2 aliphatic rings. The molecule has 108 heavy (non-hydrogen) atoms. The minimum Gasteiger partial charge on any atom is -0.453 e. The van der Waals surface area contributed by atoms with Gasteiger partial charge in [0.2, 0.25) is 0 Å². The van der Waals surface area contributed by atoms with E-state index >= 15 is 0 Å². The van der Waals surface area contributed by atoms with Gasteiger partial charge in [-0.3, -0.25) is 0 Å². The number of nitrogens with zero attached hydrogens (tertiary/aromatic N) is 3. The summed E-state index contributed by atoms with van der Waals surface area (Å²) in [7, 11) is 0. The normalized spacial score (nSPS) is 14.6. The molecule has 13 aromatic carbocycles. The maximum Gasteiger partial charge on any atom is 0.252 e. The van der Waals surface area contributed by atoms with Gasteiger partial charge in [0.15, 0.2) is 11.2 Å². The number of fused-ring (bicyclic) bond motifs is 13. The molecule has 2 aliphatic heterocycles. The number of hydrogen-bond acceptors (Lipinski definition) is 4. The summed E-state index contributed by atoms with van der Waals surface area (Å²) in [6.07, 6.45) is 0. The summed E-state index contributed by atoms with van der Waals surface area (Å²) in [6.45, 7) is 40.1. The van der Waals surface area contributed by atoms with E-state index in [0.717, 1.165) is 116 Å². The van der Waals surface area contributed by atoms with Gasteiger partial charge in [0.25, 0.3) is 6.71 Å². The molecule has 0 N–H and O–H groups in total. The van der Waals surface area contributed by atoms with Crippen LogP contribution < -0.4 is 26.2 Å². The van der Waals surface area contributed by atoms with Gasteiger partial charge in [0.05, 0.1) is 39.1 Å². The molecule has 0 saturated carbocycles. The van der Waals surface area contributed by atoms with Crippen LogP contribution in [0.1, 0.15) is 169 Å². The van der Waals surface area contributed by atoms with Gasteiger partial charge in [-0.15, -0.1) is 0 Å². The van der Waals surface area contributed by atoms with Crippen molar-refractivity contribution in [3.63, 3.8) is 0 Å². The van der Waals surface area contributed by atoms with Crippen LogP contribution in [0.2, 0.25) is 0 Å². The molecule has 0 bridgehead atoms. The van der Waals surface area contributed by atoms with E-state index in [9.17, 15) is 11.0 Å². The van der Waals surface area contributed by atoms with Crippen LogP contribution in [0.15, 0.2) is 263 Å². The fourth-order valence-corrected chi connectivity index (χ4v) is 16.7. The van der Waals surface area contributed by atoms with Gasteiger partial charge in [0.1, 0.15) is 11.2 Å². The third-order valence-electron chi connectivity index (χ3n) is 23.0. The lowest BCUT2D eigenvalue weighted by Gasteiger charge is -2.44. The number of aromatic nitrogens is 1. The first kappa shape index (κ1) is 60.0. The van der Waals surface area contributed by atoms with Crippen LogP contribution in [-0.4, -0.2) is 11.3 Å². The molecule has 0 saturated heterocycles. The second-order valence-corrected chi connectivity index (χ2v) is 36.5. The van der Waals surface area contributed by atoms with Gasteiger partial charge >= 0.3 is 0 Å².